The van der Waals surface area contributed by atoms with Gasteiger partial charge in [-0.25, -0.2) is 4.57 Å². The van der Waals surface area contributed by atoms with Crippen LogP contribution in [0.2, 0.25) is 0 Å². The Morgan fingerprint density at radius 3 is 1.31 bits per heavy atom. The minimum atomic E-state index is -4.33. The lowest BCUT2D eigenvalue weighted by Gasteiger charge is -2.25. The van der Waals surface area contributed by atoms with Crippen LogP contribution < -0.4 is 5.32 Å². The van der Waals surface area contributed by atoms with Gasteiger partial charge in [-0.15, -0.1) is 0 Å². The number of rotatable bonds is 47. The number of nitrogens with zero attached hydrogens (tertiary/aromatic N) is 1. The van der Waals surface area contributed by atoms with Gasteiger partial charge in [0.25, 0.3) is 0 Å². The van der Waals surface area contributed by atoms with Crippen LogP contribution in [0.3, 0.4) is 0 Å². The van der Waals surface area contributed by atoms with Crippen LogP contribution in [0.1, 0.15) is 200 Å². The first kappa shape index (κ1) is 64.2. The second kappa shape index (κ2) is 48.2. The third kappa shape index (κ3) is 50.9. The van der Waals surface area contributed by atoms with Crippen LogP contribution in [0, 0.1) is 0 Å². The zero-order chi connectivity index (χ0) is 49.2. The Bertz CT molecular complexity index is 1450. The number of phosphoric acid groups is 1. The maximum atomic E-state index is 12.8. The third-order valence-corrected chi connectivity index (χ3v) is 12.2. The highest BCUT2D eigenvalue weighted by molar-refractivity contribution is 7.47. The molecule has 384 valence electrons. The normalized spacial score (nSPS) is 14.9. The third-order valence-electron chi connectivity index (χ3n) is 11.2. The van der Waals surface area contributed by atoms with Crippen LogP contribution in [0.5, 0.6) is 0 Å². The molecule has 0 fully saturated rings. The van der Waals surface area contributed by atoms with Gasteiger partial charge in [-0.2, -0.15) is 0 Å². The number of hydrogen-bond acceptors (Lipinski definition) is 5. The van der Waals surface area contributed by atoms with Crippen molar-refractivity contribution in [3.8, 4) is 0 Å². The van der Waals surface area contributed by atoms with Gasteiger partial charge in [-0.05, 0) is 83.5 Å². The summed E-state index contributed by atoms with van der Waals surface area (Å²) in [7, 11) is 1.56. The summed E-state index contributed by atoms with van der Waals surface area (Å²) >= 11 is 0. The molecule has 0 saturated carbocycles. The van der Waals surface area contributed by atoms with Gasteiger partial charge in [0.2, 0.25) is 5.91 Å². The van der Waals surface area contributed by atoms with E-state index in [0.717, 1.165) is 96.3 Å². The van der Waals surface area contributed by atoms with E-state index in [-0.39, 0.29) is 19.1 Å². The van der Waals surface area contributed by atoms with E-state index >= 15 is 0 Å². The van der Waals surface area contributed by atoms with Crippen molar-refractivity contribution in [2.24, 2.45) is 0 Å². The number of allylic oxidation sites excluding steroid dienone is 17. The van der Waals surface area contributed by atoms with Crippen LogP contribution in [0.4, 0.5) is 0 Å². The summed E-state index contributed by atoms with van der Waals surface area (Å²) in [5, 5.41) is 13.7. The maximum Gasteiger partial charge on any atom is 0.472 e. The zero-order valence-electron chi connectivity index (χ0n) is 43.6. The van der Waals surface area contributed by atoms with Crippen LogP contribution in [-0.2, 0) is 18.4 Å². The molecule has 0 saturated heterocycles. The van der Waals surface area contributed by atoms with Gasteiger partial charge >= 0.3 is 7.82 Å². The van der Waals surface area contributed by atoms with Crippen molar-refractivity contribution in [1.29, 1.82) is 0 Å². The van der Waals surface area contributed by atoms with Crippen LogP contribution in [0.15, 0.2) is 109 Å². The molecule has 0 aromatic heterocycles. The van der Waals surface area contributed by atoms with Gasteiger partial charge < -0.3 is 19.8 Å². The zero-order valence-corrected chi connectivity index (χ0v) is 44.5. The highest BCUT2D eigenvalue weighted by atomic mass is 31.2. The molecule has 0 spiro atoms. The van der Waals surface area contributed by atoms with E-state index in [4.69, 9.17) is 9.05 Å². The molecule has 0 aliphatic rings. The second-order valence-corrected chi connectivity index (χ2v) is 20.3. The predicted octanol–water partition coefficient (Wildman–Crippen LogP) is 16.0. The molecule has 0 heterocycles. The second-order valence-electron chi connectivity index (χ2n) is 18.9. The Hall–Kier alpha value is -2.84. The summed E-state index contributed by atoms with van der Waals surface area (Å²) in [5.74, 6) is -0.188. The molecule has 0 rings (SSSR count). The van der Waals surface area contributed by atoms with Gasteiger partial charge in [0.1, 0.15) is 13.2 Å². The topological polar surface area (TPSA) is 105 Å². The Morgan fingerprint density at radius 2 is 0.896 bits per heavy atom. The summed E-state index contributed by atoms with van der Waals surface area (Å²) in [5.41, 5.74) is 0. The largest absolute Gasteiger partial charge is 0.472 e. The van der Waals surface area contributed by atoms with Crippen molar-refractivity contribution in [1.82, 2.24) is 5.32 Å². The van der Waals surface area contributed by atoms with Crippen molar-refractivity contribution >= 4 is 13.7 Å². The van der Waals surface area contributed by atoms with Crippen molar-refractivity contribution in [3.63, 3.8) is 0 Å². The first-order chi connectivity index (χ1) is 32.5. The molecule has 3 N–H and O–H groups in total. The number of carbonyl (C=O) groups is 1. The number of carbonyl (C=O) groups excluding carboxylic acids is 1. The quantitative estimate of drug-likeness (QED) is 0.0243. The average molecular weight is 954 g/mol. The fourth-order valence-electron chi connectivity index (χ4n) is 7.06. The van der Waals surface area contributed by atoms with E-state index in [9.17, 15) is 19.4 Å². The molecular formula is C58H102N2O6P+. The van der Waals surface area contributed by atoms with Crippen LogP contribution in [0.25, 0.3) is 0 Å². The summed E-state index contributed by atoms with van der Waals surface area (Å²) in [6.07, 6.45) is 70.9. The van der Waals surface area contributed by atoms with E-state index in [1.54, 1.807) is 6.08 Å². The Kier molecular flexibility index (Phi) is 46.2. The van der Waals surface area contributed by atoms with E-state index in [1.165, 1.54) is 83.5 Å². The molecule has 0 aliphatic carbocycles. The smallest absolute Gasteiger partial charge is 0.387 e. The summed E-state index contributed by atoms with van der Waals surface area (Å²) in [6.45, 7) is 4.60. The van der Waals surface area contributed by atoms with E-state index in [1.807, 2.05) is 27.2 Å². The molecule has 0 radical (unpaired) electrons. The van der Waals surface area contributed by atoms with E-state index < -0.39 is 20.0 Å². The number of likely N-dealkylation sites (N-methyl/N-ethyl adjacent to an activating group) is 1. The van der Waals surface area contributed by atoms with Crippen molar-refractivity contribution in [2.75, 3.05) is 40.9 Å². The summed E-state index contributed by atoms with van der Waals surface area (Å²) in [4.78, 5) is 23.0. The van der Waals surface area contributed by atoms with Gasteiger partial charge in [-0.3, -0.25) is 13.8 Å². The molecule has 1 amide bonds. The van der Waals surface area contributed by atoms with Gasteiger partial charge in [0.15, 0.2) is 0 Å². The minimum absolute atomic E-state index is 0.0569. The molecule has 8 nitrogen and oxygen atoms in total. The number of unbranched alkanes of at least 4 members (excludes halogenated alkanes) is 18. The monoisotopic (exact) mass is 954 g/mol. The SMILES string of the molecule is CC/C=C\C/C=C\C/C=C\C/C=C\C/C=C\C/C=C\C/C=C\C/C=C\CCCCCCCCCCCCCCCCC(=O)NC(COP(=O)(O)OCC[N+](C)(C)C)C(O)/C=C/CCCCCC. The Balaban J connectivity index is 3.89. The molecule has 0 bridgehead atoms. The standard InChI is InChI=1S/C58H101N2O6P/c1-6-8-10-12-14-15-16-17-18-19-20-21-22-23-24-25-26-27-28-29-30-31-32-33-34-35-36-37-38-39-40-41-42-43-44-45-46-48-50-52-58(62)59-56(57(61)51-49-47-13-11-9-7-2)55-66-67(63,64)65-54-53-60(3,4)5/h8,10,14-15,17-18,20-21,23-24,26-27,29-30,32-33,49,51,56-57,61H,6-7,9,11-13,16,19,22,25,28,31,34-48,50,52-55H2,1-5H3,(H-,59,62,63,64)/p+1/b10-8-,15-14-,18-17-,21-20-,24-23-,27-26-,30-29-,33-32-,51-49+. The lowest BCUT2D eigenvalue weighted by molar-refractivity contribution is -0.870. The molecule has 67 heavy (non-hydrogen) atoms. The number of aliphatic hydroxyl groups is 1. The lowest BCUT2D eigenvalue weighted by Crippen LogP contribution is -2.45. The molecule has 0 aliphatic heterocycles. The summed E-state index contributed by atoms with van der Waals surface area (Å²) in [6, 6.07) is -0.848. The van der Waals surface area contributed by atoms with Crippen LogP contribution in [-0.4, -0.2) is 73.4 Å². The van der Waals surface area contributed by atoms with Crippen molar-refractivity contribution in [3.05, 3.63) is 109 Å². The molecule has 3 unspecified atom stereocenters. The number of hydrogen-bond donors (Lipinski definition) is 3. The minimum Gasteiger partial charge on any atom is -0.387 e. The molecular weight excluding hydrogens is 852 g/mol. The lowest BCUT2D eigenvalue weighted by atomic mass is 10.0. The molecule has 0 aromatic rings. The average Bonchev–Trinajstić information content (AvgIpc) is 3.29. The molecule has 9 heteroatoms. The maximum absolute atomic E-state index is 12.8. The predicted molar refractivity (Wildman–Crippen MR) is 290 cm³/mol. The number of aliphatic hydroxyl groups excluding tert-OH is 1. The van der Waals surface area contributed by atoms with Gasteiger partial charge in [0, 0.05) is 6.42 Å². The van der Waals surface area contributed by atoms with E-state index in [2.05, 4.69) is 116 Å². The fourth-order valence-corrected chi connectivity index (χ4v) is 7.79. The van der Waals surface area contributed by atoms with Crippen molar-refractivity contribution < 1.29 is 32.9 Å². The van der Waals surface area contributed by atoms with Crippen LogP contribution >= 0.6 is 7.82 Å². The Labute approximate surface area is 412 Å². The first-order valence-corrected chi connectivity index (χ1v) is 28.3. The number of amides is 1. The van der Waals surface area contributed by atoms with Gasteiger partial charge in [0.05, 0.1) is 39.9 Å². The van der Waals surface area contributed by atoms with Gasteiger partial charge in [-0.1, -0.05) is 220 Å². The first-order valence-electron chi connectivity index (χ1n) is 26.8. The van der Waals surface area contributed by atoms with E-state index in [0.29, 0.717) is 17.4 Å². The number of phosphoric ester groups is 1. The highest BCUT2D eigenvalue weighted by Crippen LogP contribution is 2.43. The molecule has 0 aromatic carbocycles. The highest BCUT2D eigenvalue weighted by Gasteiger charge is 2.27. The fraction of sp³-hybridized carbons (Fsp3) is 0.672. The number of nitrogens with one attached hydrogen (secondary N) is 1. The summed E-state index contributed by atoms with van der Waals surface area (Å²) < 4.78 is 23.4. The Morgan fingerprint density at radius 1 is 0.522 bits per heavy atom. The number of quaternary nitrogens is 1. The van der Waals surface area contributed by atoms with Crippen molar-refractivity contribution in [2.45, 2.75) is 212 Å². The molecule has 3 atom stereocenters.